The van der Waals surface area contributed by atoms with Crippen molar-refractivity contribution in [3.63, 3.8) is 0 Å². The maximum Gasteiger partial charge on any atom is 0.231 e. The summed E-state index contributed by atoms with van der Waals surface area (Å²) in [5.41, 5.74) is 1.78. The van der Waals surface area contributed by atoms with Crippen LogP contribution in [0.5, 0.6) is 11.5 Å². The SMILES string of the molecule is OC(Cc1ccoc1)c1ccc2c(c1)OCO2. The molecule has 0 radical (unpaired) electrons. The van der Waals surface area contributed by atoms with Crippen LogP contribution in [0.2, 0.25) is 0 Å². The molecule has 0 amide bonds. The molecule has 0 saturated carbocycles. The van der Waals surface area contributed by atoms with E-state index in [1.165, 1.54) is 0 Å². The van der Waals surface area contributed by atoms with E-state index in [0.717, 1.165) is 16.9 Å². The highest BCUT2D eigenvalue weighted by molar-refractivity contribution is 5.45. The zero-order valence-electron chi connectivity index (χ0n) is 9.13. The third kappa shape index (κ3) is 1.99. The van der Waals surface area contributed by atoms with Crippen LogP contribution in [0.25, 0.3) is 0 Å². The Labute approximate surface area is 98.4 Å². The zero-order chi connectivity index (χ0) is 11.7. The molecule has 1 aromatic carbocycles. The highest BCUT2D eigenvalue weighted by Crippen LogP contribution is 2.34. The number of hydrogen-bond donors (Lipinski definition) is 1. The lowest BCUT2D eigenvalue weighted by Crippen LogP contribution is -2.00. The van der Waals surface area contributed by atoms with Gasteiger partial charge in [-0.2, -0.15) is 0 Å². The Kier molecular flexibility index (Phi) is 2.49. The normalized spacial score (nSPS) is 14.9. The Hall–Kier alpha value is -1.94. The molecule has 1 aromatic heterocycles. The number of aliphatic hydroxyl groups excluding tert-OH is 1. The number of furan rings is 1. The van der Waals surface area contributed by atoms with E-state index >= 15 is 0 Å². The molecule has 2 heterocycles. The van der Waals surface area contributed by atoms with Crippen molar-refractivity contribution in [2.45, 2.75) is 12.5 Å². The molecule has 1 N–H and O–H groups in total. The molecule has 17 heavy (non-hydrogen) atoms. The summed E-state index contributed by atoms with van der Waals surface area (Å²) in [6, 6.07) is 7.32. The van der Waals surface area contributed by atoms with E-state index in [0.29, 0.717) is 12.2 Å². The summed E-state index contributed by atoms with van der Waals surface area (Å²) in [7, 11) is 0. The van der Waals surface area contributed by atoms with E-state index in [-0.39, 0.29) is 6.79 Å². The predicted molar refractivity (Wildman–Crippen MR) is 59.9 cm³/mol. The van der Waals surface area contributed by atoms with Crippen LogP contribution in [-0.2, 0) is 6.42 Å². The lowest BCUT2D eigenvalue weighted by Gasteiger charge is -2.10. The van der Waals surface area contributed by atoms with Gasteiger partial charge in [0.1, 0.15) is 0 Å². The molecule has 1 aliphatic rings. The standard InChI is InChI=1S/C13H12O4/c14-11(5-9-3-4-15-7-9)10-1-2-12-13(6-10)17-8-16-12/h1-4,6-7,11,14H,5,8H2. The Morgan fingerprint density at radius 3 is 2.88 bits per heavy atom. The van der Waals surface area contributed by atoms with Crippen LogP contribution in [0.15, 0.2) is 41.2 Å². The van der Waals surface area contributed by atoms with Crippen LogP contribution in [0, 0.1) is 0 Å². The second-order valence-corrected chi connectivity index (χ2v) is 3.96. The van der Waals surface area contributed by atoms with Crippen molar-refractivity contribution in [3.05, 3.63) is 47.9 Å². The molecule has 4 nitrogen and oxygen atoms in total. The summed E-state index contributed by atoms with van der Waals surface area (Å²) in [6.07, 6.45) is 3.19. The van der Waals surface area contributed by atoms with E-state index in [1.807, 2.05) is 24.3 Å². The Morgan fingerprint density at radius 2 is 2.06 bits per heavy atom. The smallest absolute Gasteiger partial charge is 0.231 e. The summed E-state index contributed by atoms with van der Waals surface area (Å²) >= 11 is 0. The number of fused-ring (bicyclic) bond motifs is 1. The molecule has 1 atom stereocenters. The summed E-state index contributed by atoms with van der Waals surface area (Å²) in [4.78, 5) is 0. The molecule has 1 unspecified atom stereocenters. The third-order valence-corrected chi connectivity index (χ3v) is 2.79. The molecule has 4 heteroatoms. The fraction of sp³-hybridized carbons (Fsp3) is 0.231. The third-order valence-electron chi connectivity index (χ3n) is 2.79. The summed E-state index contributed by atoms with van der Waals surface area (Å²) in [5.74, 6) is 1.41. The van der Waals surface area contributed by atoms with Crippen molar-refractivity contribution in [3.8, 4) is 11.5 Å². The first kappa shape index (κ1) is 10.2. The first-order valence-electron chi connectivity index (χ1n) is 5.41. The van der Waals surface area contributed by atoms with Crippen LogP contribution in [0.3, 0.4) is 0 Å². The number of ether oxygens (including phenoxy) is 2. The highest BCUT2D eigenvalue weighted by atomic mass is 16.7. The molecule has 0 spiro atoms. The monoisotopic (exact) mass is 232 g/mol. The largest absolute Gasteiger partial charge is 0.472 e. The quantitative estimate of drug-likeness (QED) is 0.882. The van der Waals surface area contributed by atoms with Crippen LogP contribution >= 0.6 is 0 Å². The van der Waals surface area contributed by atoms with E-state index < -0.39 is 6.10 Å². The fourth-order valence-electron chi connectivity index (χ4n) is 1.87. The second-order valence-electron chi connectivity index (χ2n) is 3.96. The Bertz CT molecular complexity index is 504. The Balaban J connectivity index is 1.79. The molecule has 0 bridgehead atoms. The van der Waals surface area contributed by atoms with Gasteiger partial charge in [-0.25, -0.2) is 0 Å². The van der Waals surface area contributed by atoms with Crippen LogP contribution in [0.1, 0.15) is 17.2 Å². The topological polar surface area (TPSA) is 51.8 Å². The van der Waals surface area contributed by atoms with Crippen molar-refractivity contribution in [2.24, 2.45) is 0 Å². The van der Waals surface area contributed by atoms with Gasteiger partial charge in [-0.3, -0.25) is 0 Å². The van der Waals surface area contributed by atoms with E-state index in [4.69, 9.17) is 13.9 Å². The van der Waals surface area contributed by atoms with Crippen molar-refractivity contribution >= 4 is 0 Å². The van der Waals surface area contributed by atoms with Crippen LogP contribution < -0.4 is 9.47 Å². The molecule has 88 valence electrons. The summed E-state index contributed by atoms with van der Waals surface area (Å²) in [5, 5.41) is 10.1. The van der Waals surface area contributed by atoms with Gasteiger partial charge in [0.15, 0.2) is 11.5 Å². The van der Waals surface area contributed by atoms with E-state index in [1.54, 1.807) is 12.5 Å². The maximum atomic E-state index is 10.1. The maximum absolute atomic E-state index is 10.1. The van der Waals surface area contributed by atoms with Gasteiger partial charge in [-0.15, -0.1) is 0 Å². The summed E-state index contributed by atoms with van der Waals surface area (Å²) in [6.45, 7) is 0.247. The van der Waals surface area contributed by atoms with Gasteiger partial charge in [-0.1, -0.05) is 6.07 Å². The Morgan fingerprint density at radius 1 is 1.18 bits per heavy atom. The first-order chi connectivity index (χ1) is 8.33. The fourth-order valence-corrected chi connectivity index (χ4v) is 1.87. The van der Waals surface area contributed by atoms with E-state index in [9.17, 15) is 5.11 Å². The molecule has 0 fully saturated rings. The molecule has 0 aliphatic carbocycles. The predicted octanol–water partition coefficient (Wildman–Crippen LogP) is 2.28. The minimum atomic E-state index is -0.568. The van der Waals surface area contributed by atoms with Gasteiger partial charge in [-0.05, 0) is 29.3 Å². The van der Waals surface area contributed by atoms with Gasteiger partial charge in [0, 0.05) is 6.42 Å². The number of benzene rings is 1. The van der Waals surface area contributed by atoms with Crippen LogP contribution in [-0.4, -0.2) is 11.9 Å². The van der Waals surface area contributed by atoms with Gasteiger partial charge in [0.2, 0.25) is 6.79 Å². The summed E-state index contributed by atoms with van der Waals surface area (Å²) < 4.78 is 15.5. The zero-order valence-corrected chi connectivity index (χ0v) is 9.13. The number of hydrogen-bond acceptors (Lipinski definition) is 4. The molecule has 1 aliphatic heterocycles. The van der Waals surface area contributed by atoms with Gasteiger partial charge in [0.05, 0.1) is 18.6 Å². The minimum Gasteiger partial charge on any atom is -0.472 e. The average molecular weight is 232 g/mol. The lowest BCUT2D eigenvalue weighted by molar-refractivity contribution is 0.171. The molecule has 3 rings (SSSR count). The van der Waals surface area contributed by atoms with Crippen molar-refractivity contribution in [2.75, 3.05) is 6.79 Å². The second kappa shape index (κ2) is 4.14. The lowest BCUT2D eigenvalue weighted by atomic mass is 10.0. The van der Waals surface area contributed by atoms with Crippen molar-refractivity contribution < 1.29 is 19.0 Å². The van der Waals surface area contributed by atoms with Crippen molar-refractivity contribution in [1.82, 2.24) is 0 Å². The highest BCUT2D eigenvalue weighted by Gasteiger charge is 2.17. The first-order valence-corrected chi connectivity index (χ1v) is 5.41. The molecular formula is C13H12O4. The van der Waals surface area contributed by atoms with Gasteiger partial charge < -0.3 is 19.0 Å². The van der Waals surface area contributed by atoms with Gasteiger partial charge >= 0.3 is 0 Å². The average Bonchev–Trinajstić information content (AvgIpc) is 2.97. The number of aliphatic hydroxyl groups is 1. The minimum absolute atomic E-state index is 0.247. The van der Waals surface area contributed by atoms with Crippen LogP contribution in [0.4, 0.5) is 0 Å². The number of rotatable bonds is 3. The molecular weight excluding hydrogens is 220 g/mol. The molecule has 2 aromatic rings. The van der Waals surface area contributed by atoms with E-state index in [2.05, 4.69) is 0 Å². The van der Waals surface area contributed by atoms with Gasteiger partial charge in [0.25, 0.3) is 0 Å². The van der Waals surface area contributed by atoms with Crippen molar-refractivity contribution in [1.29, 1.82) is 0 Å². The molecule has 0 saturated heterocycles.